The van der Waals surface area contributed by atoms with Gasteiger partial charge in [0.1, 0.15) is 0 Å². The molecule has 1 aromatic carbocycles. The molecule has 0 saturated carbocycles. The van der Waals surface area contributed by atoms with E-state index < -0.39 is 0 Å². The van der Waals surface area contributed by atoms with Gasteiger partial charge in [0, 0.05) is 37.3 Å². The lowest BCUT2D eigenvalue weighted by atomic mass is 10.0. The molecule has 2 heterocycles. The van der Waals surface area contributed by atoms with Crippen molar-refractivity contribution in [3.05, 3.63) is 52.1 Å². The number of halogens is 2. The molecule has 1 aliphatic heterocycles. The number of amides is 1. The van der Waals surface area contributed by atoms with Gasteiger partial charge in [-0.25, -0.2) is 4.98 Å². The second-order valence-electron chi connectivity index (χ2n) is 6.42. The van der Waals surface area contributed by atoms with Crippen LogP contribution in [-0.4, -0.2) is 35.4 Å². The zero-order valence-electron chi connectivity index (χ0n) is 14.7. The highest BCUT2D eigenvalue weighted by Gasteiger charge is 2.32. The third-order valence-corrected chi connectivity index (χ3v) is 5.04. The number of pyridine rings is 1. The lowest BCUT2D eigenvalue weighted by Crippen LogP contribution is -2.51. The Morgan fingerprint density at radius 1 is 1.23 bits per heavy atom. The van der Waals surface area contributed by atoms with E-state index in [2.05, 4.69) is 9.88 Å². The number of rotatable bonds is 4. The summed E-state index contributed by atoms with van der Waals surface area (Å²) in [6.45, 7) is 3.90. The molecule has 2 N–H and O–H groups in total. The number of piperazine rings is 1. The van der Waals surface area contributed by atoms with Crippen LogP contribution in [0.1, 0.15) is 31.4 Å². The van der Waals surface area contributed by atoms with Crippen molar-refractivity contribution in [2.24, 2.45) is 0 Å². The molecule has 1 aromatic heterocycles. The van der Waals surface area contributed by atoms with E-state index in [-0.39, 0.29) is 11.9 Å². The molecule has 2 aromatic rings. The highest BCUT2D eigenvalue weighted by Crippen LogP contribution is 2.34. The van der Waals surface area contributed by atoms with Gasteiger partial charge in [0.25, 0.3) is 0 Å². The smallest absolute Gasteiger partial charge is 0.222 e. The topological polar surface area (TPSA) is 62.5 Å². The molecule has 0 bridgehead atoms. The first-order chi connectivity index (χ1) is 12.5. The minimum atomic E-state index is -0.0437. The first-order valence-corrected chi connectivity index (χ1v) is 9.46. The standard InChI is InChI=1S/C19H22Cl2N4O/c1-2-3-18(26)24-8-9-25(19-16(22)10-15(21)11-23-19)17(12-24)13-4-6-14(20)7-5-13/h4-7,10-11,17H,2-3,8-9,12,22H2,1H3. The van der Waals surface area contributed by atoms with Crippen molar-refractivity contribution >= 4 is 40.6 Å². The van der Waals surface area contributed by atoms with Crippen molar-refractivity contribution in [3.8, 4) is 0 Å². The van der Waals surface area contributed by atoms with Gasteiger partial charge in [0.2, 0.25) is 5.91 Å². The van der Waals surface area contributed by atoms with Gasteiger partial charge in [0.15, 0.2) is 5.82 Å². The second-order valence-corrected chi connectivity index (χ2v) is 7.29. The largest absolute Gasteiger partial charge is 0.396 e. The summed E-state index contributed by atoms with van der Waals surface area (Å²) in [5.41, 5.74) is 7.77. The summed E-state index contributed by atoms with van der Waals surface area (Å²) in [6.07, 6.45) is 3.01. The van der Waals surface area contributed by atoms with Gasteiger partial charge in [-0.3, -0.25) is 4.79 Å². The van der Waals surface area contributed by atoms with Crippen LogP contribution in [0.3, 0.4) is 0 Å². The molecular formula is C19H22Cl2N4O. The van der Waals surface area contributed by atoms with Crippen LogP contribution in [0.25, 0.3) is 0 Å². The summed E-state index contributed by atoms with van der Waals surface area (Å²) >= 11 is 12.0. The van der Waals surface area contributed by atoms with Gasteiger partial charge in [-0.1, -0.05) is 42.3 Å². The summed E-state index contributed by atoms with van der Waals surface area (Å²) in [5.74, 6) is 0.875. The molecule has 1 fully saturated rings. The lowest BCUT2D eigenvalue weighted by Gasteiger charge is -2.42. The quantitative estimate of drug-likeness (QED) is 0.847. The molecule has 0 radical (unpaired) electrons. The number of carbonyl (C=O) groups is 1. The molecule has 0 spiro atoms. The van der Waals surface area contributed by atoms with Gasteiger partial charge in [-0.15, -0.1) is 0 Å². The summed E-state index contributed by atoms with van der Waals surface area (Å²) in [6, 6.07) is 9.36. The Kier molecular flexibility index (Phi) is 5.89. The summed E-state index contributed by atoms with van der Waals surface area (Å²) < 4.78 is 0. The Morgan fingerprint density at radius 2 is 1.96 bits per heavy atom. The first kappa shape index (κ1) is 18.8. The van der Waals surface area contributed by atoms with E-state index in [0.717, 1.165) is 12.0 Å². The molecule has 138 valence electrons. The van der Waals surface area contributed by atoms with Gasteiger partial charge >= 0.3 is 0 Å². The monoisotopic (exact) mass is 392 g/mol. The van der Waals surface area contributed by atoms with E-state index in [4.69, 9.17) is 28.9 Å². The van der Waals surface area contributed by atoms with E-state index in [9.17, 15) is 4.79 Å². The minimum Gasteiger partial charge on any atom is -0.396 e. The lowest BCUT2D eigenvalue weighted by molar-refractivity contribution is -0.132. The zero-order chi connectivity index (χ0) is 18.7. The average Bonchev–Trinajstić information content (AvgIpc) is 2.62. The summed E-state index contributed by atoms with van der Waals surface area (Å²) in [4.78, 5) is 20.9. The molecule has 1 unspecified atom stereocenters. The van der Waals surface area contributed by atoms with Crippen LogP contribution in [0.5, 0.6) is 0 Å². The minimum absolute atomic E-state index is 0.0437. The van der Waals surface area contributed by atoms with Crippen molar-refractivity contribution in [2.45, 2.75) is 25.8 Å². The van der Waals surface area contributed by atoms with Crippen LogP contribution in [-0.2, 0) is 4.79 Å². The van der Waals surface area contributed by atoms with Crippen LogP contribution in [0.2, 0.25) is 10.0 Å². The van der Waals surface area contributed by atoms with Crippen LogP contribution in [0.15, 0.2) is 36.5 Å². The maximum atomic E-state index is 12.4. The van der Waals surface area contributed by atoms with Crippen molar-refractivity contribution in [1.82, 2.24) is 9.88 Å². The second kappa shape index (κ2) is 8.14. The number of carbonyl (C=O) groups excluding carboxylic acids is 1. The highest BCUT2D eigenvalue weighted by molar-refractivity contribution is 6.31. The van der Waals surface area contributed by atoms with E-state index in [1.54, 1.807) is 12.3 Å². The van der Waals surface area contributed by atoms with Crippen LogP contribution in [0, 0.1) is 0 Å². The number of nitrogens with two attached hydrogens (primary N) is 1. The van der Waals surface area contributed by atoms with Gasteiger partial charge in [-0.05, 0) is 30.2 Å². The van der Waals surface area contributed by atoms with E-state index in [0.29, 0.717) is 47.6 Å². The van der Waals surface area contributed by atoms with Crippen molar-refractivity contribution < 1.29 is 4.79 Å². The number of aromatic nitrogens is 1. The molecular weight excluding hydrogens is 371 g/mol. The number of hydrogen-bond donors (Lipinski definition) is 1. The zero-order valence-corrected chi connectivity index (χ0v) is 16.2. The number of nitrogens with zero attached hydrogens (tertiary/aromatic N) is 3. The Hall–Kier alpha value is -1.98. The molecule has 1 amide bonds. The Labute approximate surface area is 163 Å². The van der Waals surface area contributed by atoms with Crippen LogP contribution < -0.4 is 10.6 Å². The van der Waals surface area contributed by atoms with Crippen molar-refractivity contribution in [1.29, 1.82) is 0 Å². The number of nitrogen functional groups attached to an aromatic ring is 1. The van der Waals surface area contributed by atoms with Gasteiger partial charge in [0.05, 0.1) is 16.8 Å². The predicted molar refractivity (Wildman–Crippen MR) is 107 cm³/mol. The summed E-state index contributed by atoms with van der Waals surface area (Å²) in [7, 11) is 0. The Bertz CT molecular complexity index is 782. The van der Waals surface area contributed by atoms with Gasteiger partial charge < -0.3 is 15.5 Å². The third kappa shape index (κ3) is 4.05. The molecule has 5 nitrogen and oxygen atoms in total. The molecule has 26 heavy (non-hydrogen) atoms. The van der Waals surface area contributed by atoms with E-state index >= 15 is 0 Å². The molecule has 1 atom stereocenters. The Morgan fingerprint density at radius 3 is 2.62 bits per heavy atom. The maximum Gasteiger partial charge on any atom is 0.222 e. The number of benzene rings is 1. The molecule has 3 rings (SSSR count). The molecule has 7 heteroatoms. The van der Waals surface area contributed by atoms with Crippen molar-refractivity contribution in [3.63, 3.8) is 0 Å². The first-order valence-electron chi connectivity index (χ1n) is 8.70. The van der Waals surface area contributed by atoms with Crippen LogP contribution >= 0.6 is 23.2 Å². The molecule has 0 aliphatic carbocycles. The fraction of sp³-hybridized carbons (Fsp3) is 0.368. The summed E-state index contributed by atoms with van der Waals surface area (Å²) in [5, 5.41) is 1.19. The SMILES string of the molecule is CCCC(=O)N1CCN(c2ncc(Cl)cc2N)C(c2ccc(Cl)cc2)C1. The normalized spacial score (nSPS) is 17.4. The predicted octanol–water partition coefficient (Wildman–Crippen LogP) is 4.16. The van der Waals surface area contributed by atoms with Gasteiger partial charge in [-0.2, -0.15) is 0 Å². The Balaban J connectivity index is 1.94. The fourth-order valence-electron chi connectivity index (χ4n) is 3.29. The van der Waals surface area contributed by atoms with E-state index in [1.165, 1.54) is 0 Å². The third-order valence-electron chi connectivity index (χ3n) is 4.59. The maximum absolute atomic E-state index is 12.4. The van der Waals surface area contributed by atoms with E-state index in [1.807, 2.05) is 36.1 Å². The highest BCUT2D eigenvalue weighted by atomic mass is 35.5. The van der Waals surface area contributed by atoms with Crippen molar-refractivity contribution in [2.75, 3.05) is 30.3 Å². The number of hydrogen-bond acceptors (Lipinski definition) is 4. The number of anilines is 2. The van der Waals surface area contributed by atoms with Crippen LogP contribution in [0.4, 0.5) is 11.5 Å². The molecule has 1 saturated heterocycles. The fourth-order valence-corrected chi connectivity index (χ4v) is 3.59. The average molecular weight is 393 g/mol. The molecule has 1 aliphatic rings.